The minimum atomic E-state index is 0.200. The van der Waals surface area contributed by atoms with Gasteiger partial charge in [0.25, 0.3) is 0 Å². The van der Waals surface area contributed by atoms with E-state index in [-0.39, 0.29) is 11.5 Å². The highest BCUT2D eigenvalue weighted by Crippen LogP contribution is 2.31. The van der Waals surface area contributed by atoms with Gasteiger partial charge in [-0.1, -0.05) is 19.1 Å². The van der Waals surface area contributed by atoms with Crippen LogP contribution in [0.4, 0.5) is 5.69 Å². The third kappa shape index (κ3) is 3.43. The number of benzene rings is 2. The third-order valence-corrected chi connectivity index (χ3v) is 4.32. The third-order valence-electron chi connectivity index (χ3n) is 2.88. The fourth-order valence-electron chi connectivity index (χ4n) is 1.79. The van der Waals surface area contributed by atoms with E-state index in [2.05, 4.69) is 50.2 Å². The zero-order chi connectivity index (χ0) is 14.7. The summed E-state index contributed by atoms with van der Waals surface area (Å²) in [6, 6.07) is 9.23. The average molecular weight is 493 g/mol. The Balaban J connectivity index is 2.40. The Hall–Kier alpha value is -0.830. The number of phenolic OH excluding ortho intramolecular Hbond substituents is 2. The number of hydrogen-bond acceptors (Lipinski definition) is 3. The summed E-state index contributed by atoms with van der Waals surface area (Å²) in [6.45, 7) is 1.98. The van der Waals surface area contributed by atoms with Crippen molar-refractivity contribution in [1.29, 1.82) is 0 Å². The molecule has 0 heterocycles. The molecule has 0 radical (unpaired) electrons. The molecule has 2 rings (SSSR count). The van der Waals surface area contributed by atoms with Crippen molar-refractivity contribution in [3.63, 3.8) is 0 Å². The van der Waals surface area contributed by atoms with E-state index < -0.39 is 0 Å². The molecule has 2 aromatic carbocycles. The highest BCUT2D eigenvalue weighted by molar-refractivity contribution is 14.1. The van der Waals surface area contributed by atoms with Gasteiger partial charge in [0.2, 0.25) is 0 Å². The molecule has 2 aromatic rings. The van der Waals surface area contributed by atoms with Crippen molar-refractivity contribution in [1.82, 2.24) is 0 Å². The lowest BCUT2D eigenvalue weighted by molar-refractivity contribution is 0.469. The molecule has 2 N–H and O–H groups in total. The number of aliphatic imine (C=N–C) groups is 1. The van der Waals surface area contributed by atoms with Gasteiger partial charge in [0.15, 0.2) is 0 Å². The van der Waals surface area contributed by atoms with Crippen LogP contribution < -0.4 is 0 Å². The Morgan fingerprint density at radius 1 is 1.15 bits per heavy atom. The maximum Gasteiger partial charge on any atom is 0.144 e. The van der Waals surface area contributed by atoms with E-state index in [1.807, 2.05) is 31.2 Å². The summed E-state index contributed by atoms with van der Waals surface area (Å²) in [7, 11) is 0. The second kappa shape index (κ2) is 6.75. The van der Waals surface area contributed by atoms with Crippen molar-refractivity contribution in [2.24, 2.45) is 4.99 Å². The van der Waals surface area contributed by atoms with E-state index >= 15 is 0 Å². The van der Waals surface area contributed by atoms with E-state index in [1.54, 1.807) is 12.3 Å². The molecule has 0 saturated heterocycles. The summed E-state index contributed by atoms with van der Waals surface area (Å²) in [5.74, 6) is 0.409. The van der Waals surface area contributed by atoms with Crippen molar-refractivity contribution in [2.75, 3.05) is 0 Å². The van der Waals surface area contributed by atoms with Crippen LogP contribution in [-0.2, 0) is 6.42 Å². The Morgan fingerprint density at radius 3 is 2.60 bits per heavy atom. The van der Waals surface area contributed by atoms with Gasteiger partial charge >= 0.3 is 0 Å². The standard InChI is InChI=1S/C15H13I2NO2/c1-2-9-4-3-5-13(15(9)20)18-8-10-6-11(16)7-12(17)14(10)19/h3-8,19-20H,2H2,1H3. The average Bonchev–Trinajstić information content (AvgIpc) is 2.42. The molecular formula is C15H13I2NO2. The summed E-state index contributed by atoms with van der Waals surface area (Å²) in [4.78, 5) is 4.29. The Bertz CT molecular complexity index is 669. The Labute approximate surface area is 145 Å². The van der Waals surface area contributed by atoms with Gasteiger partial charge in [-0.25, -0.2) is 0 Å². The maximum absolute atomic E-state index is 10.1. The maximum atomic E-state index is 10.1. The Morgan fingerprint density at radius 2 is 1.90 bits per heavy atom. The van der Waals surface area contributed by atoms with Crippen LogP contribution in [0.3, 0.4) is 0 Å². The zero-order valence-corrected chi connectivity index (χ0v) is 15.1. The van der Waals surface area contributed by atoms with Gasteiger partial charge in [0.1, 0.15) is 17.2 Å². The number of halogens is 2. The topological polar surface area (TPSA) is 52.8 Å². The smallest absolute Gasteiger partial charge is 0.144 e. The molecule has 104 valence electrons. The molecule has 0 unspecified atom stereocenters. The summed E-state index contributed by atoms with van der Waals surface area (Å²) in [6.07, 6.45) is 2.33. The first-order chi connectivity index (χ1) is 9.52. The SMILES string of the molecule is CCc1cccc(N=Cc2cc(I)cc(I)c2O)c1O. The van der Waals surface area contributed by atoms with Gasteiger partial charge in [-0.2, -0.15) is 0 Å². The number of phenols is 2. The summed E-state index contributed by atoms with van der Waals surface area (Å²) >= 11 is 4.28. The van der Waals surface area contributed by atoms with Gasteiger partial charge in [0.05, 0.1) is 3.57 Å². The molecule has 3 nitrogen and oxygen atoms in total. The van der Waals surface area contributed by atoms with Crippen molar-refractivity contribution in [3.8, 4) is 11.5 Å². The van der Waals surface area contributed by atoms with Gasteiger partial charge in [-0.3, -0.25) is 4.99 Å². The number of aryl methyl sites for hydroxylation is 1. The largest absolute Gasteiger partial charge is 0.506 e. The molecule has 20 heavy (non-hydrogen) atoms. The van der Waals surface area contributed by atoms with Crippen molar-refractivity contribution < 1.29 is 10.2 Å². The summed E-state index contributed by atoms with van der Waals surface area (Å²) in [5.41, 5.74) is 2.02. The van der Waals surface area contributed by atoms with Crippen molar-refractivity contribution >= 4 is 57.1 Å². The lowest BCUT2D eigenvalue weighted by Crippen LogP contribution is -1.88. The normalized spacial score (nSPS) is 11.2. The first kappa shape index (κ1) is 15.6. The van der Waals surface area contributed by atoms with Gasteiger partial charge < -0.3 is 10.2 Å². The van der Waals surface area contributed by atoms with Crippen LogP contribution in [0.25, 0.3) is 0 Å². The zero-order valence-electron chi connectivity index (χ0n) is 10.8. The van der Waals surface area contributed by atoms with Crippen LogP contribution >= 0.6 is 45.2 Å². The molecule has 0 bridgehead atoms. The van der Waals surface area contributed by atoms with Gasteiger partial charge in [0, 0.05) is 15.3 Å². The van der Waals surface area contributed by atoms with Crippen LogP contribution in [0, 0.1) is 7.14 Å². The first-order valence-corrected chi connectivity index (χ1v) is 8.21. The lowest BCUT2D eigenvalue weighted by Gasteiger charge is -2.05. The van der Waals surface area contributed by atoms with E-state index in [0.29, 0.717) is 11.3 Å². The second-order valence-electron chi connectivity index (χ2n) is 4.22. The fourth-order valence-corrected chi connectivity index (χ4v) is 3.68. The molecule has 0 amide bonds. The van der Waals surface area contributed by atoms with E-state index in [1.165, 1.54) is 0 Å². The summed E-state index contributed by atoms with van der Waals surface area (Å²) in [5, 5.41) is 20.1. The van der Waals surface area contributed by atoms with Crippen LogP contribution in [0.5, 0.6) is 11.5 Å². The molecule has 0 aliphatic heterocycles. The molecule has 0 saturated carbocycles. The number of para-hydroxylation sites is 1. The fraction of sp³-hybridized carbons (Fsp3) is 0.133. The molecule has 0 aliphatic carbocycles. The number of nitrogens with zero attached hydrogens (tertiary/aromatic N) is 1. The minimum Gasteiger partial charge on any atom is -0.506 e. The summed E-state index contributed by atoms with van der Waals surface area (Å²) < 4.78 is 1.81. The molecule has 0 fully saturated rings. The predicted octanol–water partition coefficient (Wildman–Crippen LogP) is 4.62. The molecule has 0 spiro atoms. The molecule has 0 atom stereocenters. The van der Waals surface area contributed by atoms with Crippen LogP contribution in [0.1, 0.15) is 18.1 Å². The molecule has 0 aliphatic rings. The van der Waals surface area contributed by atoms with Gasteiger partial charge in [-0.15, -0.1) is 0 Å². The highest BCUT2D eigenvalue weighted by atomic mass is 127. The van der Waals surface area contributed by atoms with Crippen LogP contribution in [-0.4, -0.2) is 16.4 Å². The highest BCUT2D eigenvalue weighted by Gasteiger charge is 2.07. The molecule has 5 heteroatoms. The van der Waals surface area contributed by atoms with E-state index in [4.69, 9.17) is 0 Å². The van der Waals surface area contributed by atoms with Crippen molar-refractivity contribution in [3.05, 3.63) is 48.6 Å². The first-order valence-electron chi connectivity index (χ1n) is 6.06. The second-order valence-corrected chi connectivity index (χ2v) is 6.63. The Kier molecular flexibility index (Phi) is 5.25. The number of rotatable bonds is 3. The number of aromatic hydroxyl groups is 2. The number of hydrogen-bond donors (Lipinski definition) is 2. The predicted molar refractivity (Wildman–Crippen MR) is 98.3 cm³/mol. The van der Waals surface area contributed by atoms with E-state index in [0.717, 1.165) is 19.1 Å². The quantitative estimate of drug-likeness (QED) is 0.485. The van der Waals surface area contributed by atoms with Gasteiger partial charge in [-0.05, 0) is 75.4 Å². The molecular weight excluding hydrogens is 480 g/mol. The van der Waals surface area contributed by atoms with Crippen LogP contribution in [0.2, 0.25) is 0 Å². The van der Waals surface area contributed by atoms with E-state index in [9.17, 15) is 10.2 Å². The van der Waals surface area contributed by atoms with Crippen molar-refractivity contribution in [2.45, 2.75) is 13.3 Å². The monoisotopic (exact) mass is 493 g/mol. The van der Waals surface area contributed by atoms with Crippen LogP contribution in [0.15, 0.2) is 35.3 Å². The lowest BCUT2D eigenvalue weighted by atomic mass is 10.1. The minimum absolute atomic E-state index is 0.200. The molecule has 0 aromatic heterocycles.